The predicted octanol–water partition coefficient (Wildman–Crippen LogP) is 6.00. The third kappa shape index (κ3) is 5.23. The molecule has 2 atom stereocenters. The van der Waals surface area contributed by atoms with Crippen LogP contribution in [0.5, 0.6) is 5.75 Å². The van der Waals surface area contributed by atoms with Gasteiger partial charge in [0.05, 0.1) is 11.6 Å². The normalized spacial score (nSPS) is 22.6. The Morgan fingerprint density at radius 3 is 2.53 bits per heavy atom. The number of nitrogens with zero attached hydrogens (tertiary/aromatic N) is 1. The molecule has 0 bridgehead atoms. The molecule has 2 aliphatic rings. The lowest BCUT2D eigenvalue weighted by Gasteiger charge is -2.30. The first-order chi connectivity index (χ1) is 15.4. The van der Waals surface area contributed by atoms with E-state index in [0.717, 1.165) is 24.9 Å². The van der Waals surface area contributed by atoms with Crippen molar-refractivity contribution in [3.05, 3.63) is 42.0 Å². The van der Waals surface area contributed by atoms with Crippen LogP contribution in [0.25, 0.3) is 10.8 Å². The lowest BCUT2D eigenvalue weighted by Crippen LogP contribution is -2.40. The molecule has 1 N–H and O–H groups in total. The van der Waals surface area contributed by atoms with Crippen LogP contribution in [0, 0.1) is 17.8 Å². The summed E-state index contributed by atoms with van der Waals surface area (Å²) in [6.07, 6.45) is 8.21. The molecule has 4 heteroatoms. The van der Waals surface area contributed by atoms with Gasteiger partial charge in [0.25, 0.3) is 0 Å². The number of Topliss-reactive ketones (excluding diaryl/α,β-unsaturated/α-hetero) is 2. The molecular formula is C28H37NO3. The summed E-state index contributed by atoms with van der Waals surface area (Å²) in [5.41, 5.74) is 0.402. The van der Waals surface area contributed by atoms with Gasteiger partial charge in [-0.2, -0.15) is 0 Å². The Bertz CT molecular complexity index is 960. The second-order valence-electron chi connectivity index (χ2n) is 10.4. The number of hydrogen-bond acceptors (Lipinski definition) is 4. The SMILES string of the molecule is CC(C)CC(=O)[C@@H]1C[C@H](CC(=O)c2ccc3ccccc3c2O)CN1CC1CCCCC1. The molecule has 32 heavy (non-hydrogen) atoms. The lowest BCUT2D eigenvalue weighted by atomic mass is 9.88. The zero-order chi connectivity index (χ0) is 22.7. The molecule has 4 rings (SSSR count). The Morgan fingerprint density at radius 1 is 1.03 bits per heavy atom. The minimum Gasteiger partial charge on any atom is -0.507 e. The van der Waals surface area contributed by atoms with Crippen molar-refractivity contribution in [3.8, 4) is 5.75 Å². The molecule has 4 nitrogen and oxygen atoms in total. The van der Waals surface area contributed by atoms with E-state index in [2.05, 4.69) is 18.7 Å². The third-order valence-corrected chi connectivity index (χ3v) is 7.36. The van der Waals surface area contributed by atoms with Gasteiger partial charge in [0.1, 0.15) is 11.5 Å². The van der Waals surface area contributed by atoms with Crippen molar-refractivity contribution in [3.63, 3.8) is 0 Å². The molecule has 2 fully saturated rings. The molecule has 2 aromatic carbocycles. The van der Waals surface area contributed by atoms with Crippen LogP contribution >= 0.6 is 0 Å². The van der Waals surface area contributed by atoms with Gasteiger partial charge in [0.2, 0.25) is 0 Å². The van der Waals surface area contributed by atoms with Crippen molar-refractivity contribution >= 4 is 22.3 Å². The van der Waals surface area contributed by atoms with E-state index in [1.807, 2.05) is 30.3 Å². The van der Waals surface area contributed by atoms with Gasteiger partial charge in [-0.25, -0.2) is 0 Å². The third-order valence-electron chi connectivity index (χ3n) is 7.36. The molecule has 1 saturated heterocycles. The summed E-state index contributed by atoms with van der Waals surface area (Å²) < 4.78 is 0. The Kier molecular flexibility index (Phi) is 7.30. The number of aromatic hydroxyl groups is 1. The largest absolute Gasteiger partial charge is 0.507 e. The highest BCUT2D eigenvalue weighted by molar-refractivity contribution is 6.04. The number of carbonyl (C=O) groups is 2. The monoisotopic (exact) mass is 435 g/mol. The van der Waals surface area contributed by atoms with Gasteiger partial charge >= 0.3 is 0 Å². The number of ketones is 2. The molecule has 1 heterocycles. The molecule has 0 unspecified atom stereocenters. The summed E-state index contributed by atoms with van der Waals surface area (Å²) in [6, 6.07) is 11.2. The average molecular weight is 436 g/mol. The fourth-order valence-electron chi connectivity index (χ4n) is 5.78. The van der Waals surface area contributed by atoms with Crippen molar-refractivity contribution in [1.82, 2.24) is 4.90 Å². The van der Waals surface area contributed by atoms with Crippen molar-refractivity contribution in [2.24, 2.45) is 17.8 Å². The number of likely N-dealkylation sites (tertiary alicyclic amines) is 1. The van der Waals surface area contributed by atoms with Gasteiger partial charge in [-0.1, -0.05) is 63.4 Å². The van der Waals surface area contributed by atoms with Crippen LogP contribution in [-0.2, 0) is 4.79 Å². The summed E-state index contributed by atoms with van der Waals surface area (Å²) in [4.78, 5) is 28.6. The van der Waals surface area contributed by atoms with Crippen molar-refractivity contribution < 1.29 is 14.7 Å². The Balaban J connectivity index is 1.47. The van der Waals surface area contributed by atoms with Crippen LogP contribution in [-0.4, -0.2) is 40.7 Å². The lowest BCUT2D eigenvalue weighted by molar-refractivity contribution is -0.124. The molecule has 0 spiro atoms. The number of phenolic OH excluding ortho intramolecular Hbond substituents is 1. The van der Waals surface area contributed by atoms with Gasteiger partial charge in [0, 0.05) is 31.3 Å². The number of hydrogen-bond donors (Lipinski definition) is 1. The highest BCUT2D eigenvalue weighted by Gasteiger charge is 2.38. The van der Waals surface area contributed by atoms with Gasteiger partial charge in [-0.15, -0.1) is 0 Å². The topological polar surface area (TPSA) is 57.6 Å². The second kappa shape index (κ2) is 10.2. The summed E-state index contributed by atoms with van der Waals surface area (Å²) in [7, 11) is 0. The first kappa shape index (κ1) is 23.0. The van der Waals surface area contributed by atoms with Crippen molar-refractivity contribution in [1.29, 1.82) is 0 Å². The standard InChI is InChI=1S/C28H37NO3/c1-19(2)14-27(31)25-15-21(18-29(25)17-20-8-4-3-5-9-20)16-26(30)24-13-12-22-10-6-7-11-23(22)28(24)32/h6-7,10-13,19-21,25,32H,3-5,8-9,14-18H2,1-2H3/t21-,25+/m1/s1. The Labute approximate surface area is 192 Å². The number of fused-ring (bicyclic) bond motifs is 1. The summed E-state index contributed by atoms with van der Waals surface area (Å²) in [6.45, 7) is 6.00. The Hall–Kier alpha value is -2.20. The van der Waals surface area contributed by atoms with Crippen molar-refractivity contribution in [2.75, 3.05) is 13.1 Å². The van der Waals surface area contributed by atoms with Crippen LogP contribution in [0.4, 0.5) is 0 Å². The van der Waals surface area contributed by atoms with Crippen LogP contribution in [0.1, 0.15) is 75.6 Å². The molecule has 172 valence electrons. The predicted molar refractivity (Wildman–Crippen MR) is 129 cm³/mol. The fraction of sp³-hybridized carbons (Fsp3) is 0.571. The van der Waals surface area contributed by atoms with Crippen LogP contribution in [0.3, 0.4) is 0 Å². The van der Waals surface area contributed by atoms with Gasteiger partial charge in [0.15, 0.2) is 5.78 Å². The van der Waals surface area contributed by atoms with E-state index in [1.54, 1.807) is 6.07 Å². The van der Waals surface area contributed by atoms with Crippen molar-refractivity contribution in [2.45, 2.75) is 71.3 Å². The number of carbonyl (C=O) groups excluding carboxylic acids is 2. The maximum Gasteiger partial charge on any atom is 0.166 e. The number of rotatable bonds is 8. The Morgan fingerprint density at radius 2 is 1.78 bits per heavy atom. The van der Waals surface area contributed by atoms with E-state index in [0.29, 0.717) is 41.4 Å². The highest BCUT2D eigenvalue weighted by atomic mass is 16.3. The van der Waals surface area contributed by atoms with E-state index in [4.69, 9.17) is 0 Å². The maximum atomic E-state index is 13.2. The van der Waals surface area contributed by atoms with Gasteiger partial charge < -0.3 is 5.11 Å². The second-order valence-corrected chi connectivity index (χ2v) is 10.4. The minimum atomic E-state index is -0.0534. The van der Waals surface area contributed by atoms with Gasteiger partial charge in [-0.3, -0.25) is 14.5 Å². The molecular weight excluding hydrogens is 398 g/mol. The van der Waals surface area contributed by atoms with E-state index in [1.165, 1.54) is 32.1 Å². The van der Waals surface area contributed by atoms with Crippen LogP contribution in [0.15, 0.2) is 36.4 Å². The summed E-state index contributed by atoms with van der Waals surface area (Å²) >= 11 is 0. The maximum absolute atomic E-state index is 13.2. The molecule has 0 amide bonds. The molecule has 1 aliphatic heterocycles. The molecule has 1 saturated carbocycles. The smallest absolute Gasteiger partial charge is 0.166 e. The molecule has 0 radical (unpaired) electrons. The van der Waals surface area contributed by atoms with Crippen LogP contribution < -0.4 is 0 Å². The molecule has 2 aromatic rings. The molecule has 0 aromatic heterocycles. The van der Waals surface area contributed by atoms with E-state index in [-0.39, 0.29) is 23.5 Å². The number of phenols is 1. The summed E-state index contributed by atoms with van der Waals surface area (Å²) in [5, 5.41) is 12.4. The quantitative estimate of drug-likeness (QED) is 0.516. The zero-order valence-corrected chi connectivity index (χ0v) is 19.6. The minimum absolute atomic E-state index is 0.0205. The van der Waals surface area contributed by atoms with E-state index < -0.39 is 0 Å². The molecule has 1 aliphatic carbocycles. The first-order valence-corrected chi connectivity index (χ1v) is 12.4. The van der Waals surface area contributed by atoms with E-state index in [9.17, 15) is 14.7 Å². The number of benzene rings is 2. The van der Waals surface area contributed by atoms with Crippen LogP contribution in [0.2, 0.25) is 0 Å². The van der Waals surface area contributed by atoms with E-state index >= 15 is 0 Å². The fourth-order valence-corrected chi connectivity index (χ4v) is 5.78. The summed E-state index contributed by atoms with van der Waals surface area (Å²) in [5.74, 6) is 1.59. The zero-order valence-electron chi connectivity index (χ0n) is 19.6. The average Bonchev–Trinajstić information content (AvgIpc) is 3.16. The van der Waals surface area contributed by atoms with Gasteiger partial charge in [-0.05, 0) is 48.5 Å². The first-order valence-electron chi connectivity index (χ1n) is 12.4. The highest BCUT2D eigenvalue weighted by Crippen LogP contribution is 2.35.